The lowest BCUT2D eigenvalue weighted by molar-refractivity contribution is 0.310. The standard InChI is InChI=1S/C16H27N3O/c1-3-16-19-11(2)15(20-16)10-18-14-7-4-6-12(14)13-8-5-9-17-13/h12-14,17-18H,3-10H2,1-2H3. The number of nitrogens with one attached hydrogen (secondary N) is 2. The van der Waals surface area contributed by atoms with Crippen molar-refractivity contribution in [3.8, 4) is 0 Å². The van der Waals surface area contributed by atoms with E-state index in [4.69, 9.17) is 4.42 Å². The van der Waals surface area contributed by atoms with Crippen LogP contribution in [0.3, 0.4) is 0 Å². The van der Waals surface area contributed by atoms with Crippen molar-refractivity contribution >= 4 is 0 Å². The molecule has 1 aliphatic heterocycles. The van der Waals surface area contributed by atoms with Gasteiger partial charge >= 0.3 is 0 Å². The van der Waals surface area contributed by atoms with Crippen molar-refractivity contribution in [2.75, 3.05) is 6.54 Å². The average Bonchev–Trinajstić information content (AvgIpc) is 3.16. The van der Waals surface area contributed by atoms with E-state index in [1.807, 2.05) is 6.92 Å². The molecule has 0 spiro atoms. The number of hydrogen-bond acceptors (Lipinski definition) is 4. The molecule has 20 heavy (non-hydrogen) atoms. The molecule has 4 heteroatoms. The van der Waals surface area contributed by atoms with Gasteiger partial charge in [0.25, 0.3) is 0 Å². The van der Waals surface area contributed by atoms with E-state index in [1.165, 1.54) is 38.6 Å². The summed E-state index contributed by atoms with van der Waals surface area (Å²) in [6, 6.07) is 1.37. The largest absolute Gasteiger partial charge is 0.444 e. The molecule has 0 radical (unpaired) electrons. The number of oxazole rings is 1. The lowest BCUT2D eigenvalue weighted by Gasteiger charge is -2.26. The van der Waals surface area contributed by atoms with Gasteiger partial charge in [-0.15, -0.1) is 0 Å². The second-order valence-electron chi connectivity index (χ2n) is 6.25. The molecule has 0 amide bonds. The number of nitrogens with zero attached hydrogens (tertiary/aromatic N) is 1. The van der Waals surface area contributed by atoms with E-state index < -0.39 is 0 Å². The highest BCUT2D eigenvalue weighted by Gasteiger charge is 2.34. The molecule has 2 N–H and O–H groups in total. The molecule has 1 saturated heterocycles. The fourth-order valence-corrected chi connectivity index (χ4v) is 3.83. The Morgan fingerprint density at radius 3 is 2.90 bits per heavy atom. The van der Waals surface area contributed by atoms with Gasteiger partial charge in [0.15, 0.2) is 5.89 Å². The summed E-state index contributed by atoms with van der Waals surface area (Å²) in [6.45, 7) is 6.16. The molecule has 1 aliphatic carbocycles. The third kappa shape index (κ3) is 2.91. The second kappa shape index (κ2) is 6.27. The molecular formula is C16H27N3O. The van der Waals surface area contributed by atoms with Crippen LogP contribution in [0.2, 0.25) is 0 Å². The van der Waals surface area contributed by atoms with Gasteiger partial charge in [0.05, 0.1) is 12.2 Å². The van der Waals surface area contributed by atoms with Crippen molar-refractivity contribution in [2.24, 2.45) is 5.92 Å². The Morgan fingerprint density at radius 1 is 1.30 bits per heavy atom. The van der Waals surface area contributed by atoms with Crippen LogP contribution >= 0.6 is 0 Å². The summed E-state index contributed by atoms with van der Waals surface area (Å²) in [5.74, 6) is 2.68. The predicted molar refractivity (Wildman–Crippen MR) is 79.6 cm³/mol. The lowest BCUT2D eigenvalue weighted by atomic mass is 9.93. The van der Waals surface area contributed by atoms with Crippen LogP contribution in [0.5, 0.6) is 0 Å². The summed E-state index contributed by atoms with van der Waals surface area (Å²) >= 11 is 0. The quantitative estimate of drug-likeness (QED) is 0.868. The Kier molecular flexibility index (Phi) is 4.41. The van der Waals surface area contributed by atoms with E-state index in [1.54, 1.807) is 0 Å². The van der Waals surface area contributed by atoms with Crippen LogP contribution in [-0.4, -0.2) is 23.6 Å². The smallest absolute Gasteiger partial charge is 0.194 e. The van der Waals surface area contributed by atoms with Crippen molar-refractivity contribution in [2.45, 2.75) is 71.0 Å². The molecule has 3 atom stereocenters. The predicted octanol–water partition coefficient (Wildman–Crippen LogP) is 2.56. The maximum absolute atomic E-state index is 5.79. The molecule has 0 bridgehead atoms. The molecule has 2 heterocycles. The van der Waals surface area contributed by atoms with Gasteiger partial charge < -0.3 is 15.1 Å². The second-order valence-corrected chi connectivity index (χ2v) is 6.25. The zero-order chi connectivity index (χ0) is 13.9. The molecule has 1 aromatic rings. The van der Waals surface area contributed by atoms with Crippen LogP contribution < -0.4 is 10.6 Å². The van der Waals surface area contributed by atoms with E-state index >= 15 is 0 Å². The summed E-state index contributed by atoms with van der Waals surface area (Å²) in [5.41, 5.74) is 1.04. The minimum atomic E-state index is 0.639. The number of aryl methyl sites for hydroxylation is 2. The van der Waals surface area contributed by atoms with E-state index in [0.29, 0.717) is 6.04 Å². The van der Waals surface area contributed by atoms with E-state index in [0.717, 1.165) is 42.3 Å². The molecule has 1 aromatic heterocycles. The first-order chi connectivity index (χ1) is 9.78. The van der Waals surface area contributed by atoms with E-state index in [9.17, 15) is 0 Å². The van der Waals surface area contributed by atoms with Gasteiger partial charge in [-0.25, -0.2) is 4.98 Å². The van der Waals surface area contributed by atoms with Crippen LogP contribution in [0.25, 0.3) is 0 Å². The maximum atomic E-state index is 5.79. The highest BCUT2D eigenvalue weighted by atomic mass is 16.4. The Balaban J connectivity index is 1.57. The first-order valence-electron chi connectivity index (χ1n) is 8.20. The highest BCUT2D eigenvalue weighted by Crippen LogP contribution is 2.32. The Labute approximate surface area is 121 Å². The third-order valence-electron chi connectivity index (χ3n) is 4.95. The normalized spacial score (nSPS) is 30.2. The van der Waals surface area contributed by atoms with Crippen molar-refractivity contribution in [3.05, 3.63) is 17.3 Å². The van der Waals surface area contributed by atoms with E-state index in [2.05, 4.69) is 22.5 Å². The van der Waals surface area contributed by atoms with Crippen LogP contribution in [0.4, 0.5) is 0 Å². The van der Waals surface area contributed by atoms with Gasteiger partial charge in [-0.2, -0.15) is 0 Å². The Morgan fingerprint density at radius 2 is 2.20 bits per heavy atom. The zero-order valence-electron chi connectivity index (χ0n) is 12.7. The SMILES string of the molecule is CCc1nc(C)c(CNC2CCCC2C2CCCN2)o1. The fraction of sp³-hybridized carbons (Fsp3) is 0.812. The van der Waals surface area contributed by atoms with Gasteiger partial charge in [0.1, 0.15) is 5.76 Å². The molecule has 2 aliphatic rings. The summed E-state index contributed by atoms with van der Waals surface area (Å²) in [4.78, 5) is 4.45. The van der Waals surface area contributed by atoms with Crippen LogP contribution in [-0.2, 0) is 13.0 Å². The monoisotopic (exact) mass is 277 g/mol. The molecule has 4 nitrogen and oxygen atoms in total. The highest BCUT2D eigenvalue weighted by molar-refractivity contribution is 5.08. The van der Waals surface area contributed by atoms with Crippen molar-refractivity contribution in [1.29, 1.82) is 0 Å². The van der Waals surface area contributed by atoms with Crippen LogP contribution in [0, 0.1) is 12.8 Å². The molecule has 3 rings (SSSR count). The summed E-state index contributed by atoms with van der Waals surface area (Å²) < 4.78 is 5.79. The fourth-order valence-electron chi connectivity index (χ4n) is 3.83. The molecule has 112 valence electrons. The average molecular weight is 277 g/mol. The topological polar surface area (TPSA) is 50.1 Å². The molecule has 0 aromatic carbocycles. The van der Waals surface area contributed by atoms with Gasteiger partial charge in [0.2, 0.25) is 0 Å². The van der Waals surface area contributed by atoms with Crippen molar-refractivity contribution < 1.29 is 4.42 Å². The summed E-state index contributed by atoms with van der Waals surface area (Å²) in [6.07, 6.45) is 7.59. The van der Waals surface area contributed by atoms with Crippen molar-refractivity contribution in [3.63, 3.8) is 0 Å². The number of rotatable bonds is 5. The molecule has 3 unspecified atom stereocenters. The third-order valence-corrected chi connectivity index (χ3v) is 4.95. The molecule has 1 saturated carbocycles. The molecular weight excluding hydrogens is 250 g/mol. The van der Waals surface area contributed by atoms with Gasteiger partial charge in [-0.1, -0.05) is 13.3 Å². The summed E-state index contributed by atoms with van der Waals surface area (Å²) in [7, 11) is 0. The first kappa shape index (κ1) is 14.1. The molecule has 2 fully saturated rings. The minimum absolute atomic E-state index is 0.639. The van der Waals surface area contributed by atoms with E-state index in [-0.39, 0.29) is 0 Å². The Hall–Kier alpha value is -0.870. The number of hydrogen-bond donors (Lipinski definition) is 2. The van der Waals surface area contributed by atoms with Gasteiger partial charge in [0, 0.05) is 18.5 Å². The Bertz CT molecular complexity index is 437. The lowest BCUT2D eigenvalue weighted by Crippen LogP contribution is -2.41. The minimum Gasteiger partial charge on any atom is -0.444 e. The summed E-state index contributed by atoms with van der Waals surface area (Å²) in [5, 5.41) is 7.40. The zero-order valence-corrected chi connectivity index (χ0v) is 12.7. The van der Waals surface area contributed by atoms with Crippen molar-refractivity contribution in [1.82, 2.24) is 15.6 Å². The van der Waals surface area contributed by atoms with Crippen LogP contribution in [0.1, 0.15) is 56.4 Å². The van der Waals surface area contributed by atoms with Crippen LogP contribution in [0.15, 0.2) is 4.42 Å². The first-order valence-corrected chi connectivity index (χ1v) is 8.20. The maximum Gasteiger partial charge on any atom is 0.194 e. The van der Waals surface area contributed by atoms with Gasteiger partial charge in [-0.3, -0.25) is 0 Å². The number of aromatic nitrogens is 1. The van der Waals surface area contributed by atoms with Gasteiger partial charge in [-0.05, 0) is 45.1 Å².